The van der Waals surface area contributed by atoms with Crippen LogP contribution in [0.1, 0.15) is 67.2 Å². The minimum Gasteiger partial charge on any atom is -0.452 e. The second-order valence-corrected chi connectivity index (χ2v) is 7.91. The lowest BCUT2D eigenvalue weighted by Gasteiger charge is -2.57. The first kappa shape index (κ1) is 18.3. The van der Waals surface area contributed by atoms with Gasteiger partial charge in [-0.05, 0) is 51.0 Å². The van der Waals surface area contributed by atoms with E-state index >= 15 is 0 Å². The molecule has 0 aromatic rings. The zero-order chi connectivity index (χ0) is 17.4. The topological polar surface area (TPSA) is 46.5 Å². The Hall–Kier alpha value is -1.09. The number of esters is 1. The van der Waals surface area contributed by atoms with Gasteiger partial charge in [-0.1, -0.05) is 45.3 Å². The normalized spacial score (nSPS) is 38.1. The highest BCUT2D eigenvalue weighted by molar-refractivity contribution is 5.87. The van der Waals surface area contributed by atoms with Crippen molar-refractivity contribution in [3.63, 3.8) is 0 Å². The van der Waals surface area contributed by atoms with Crippen LogP contribution in [-0.2, 0) is 9.53 Å². The molecule has 0 spiro atoms. The van der Waals surface area contributed by atoms with Gasteiger partial charge >= 0.3 is 5.97 Å². The maximum absolute atomic E-state index is 12.3. The van der Waals surface area contributed by atoms with Gasteiger partial charge in [-0.2, -0.15) is 0 Å². The summed E-state index contributed by atoms with van der Waals surface area (Å²) < 4.78 is 5.75. The summed E-state index contributed by atoms with van der Waals surface area (Å²) in [5, 5.41) is 11.6. The predicted octanol–water partition coefficient (Wildman–Crippen LogP) is 4.41. The molecule has 4 atom stereocenters. The van der Waals surface area contributed by atoms with E-state index in [9.17, 15) is 9.90 Å². The number of fused-ring (bicyclic) bond motifs is 1. The molecule has 0 aliphatic heterocycles. The van der Waals surface area contributed by atoms with Gasteiger partial charge in [-0.15, -0.1) is 0 Å². The zero-order valence-corrected chi connectivity index (χ0v) is 15.5. The van der Waals surface area contributed by atoms with Gasteiger partial charge in [0.05, 0.1) is 0 Å². The Kier molecular flexibility index (Phi) is 5.10. The summed E-state index contributed by atoms with van der Waals surface area (Å²) in [7, 11) is 0. The average Bonchev–Trinajstić information content (AvgIpc) is 2.51. The molecule has 1 saturated carbocycles. The van der Waals surface area contributed by atoms with Crippen LogP contribution in [0.5, 0.6) is 0 Å². The minimum atomic E-state index is -1.00. The van der Waals surface area contributed by atoms with Crippen LogP contribution in [0.15, 0.2) is 23.3 Å². The molecule has 1 fully saturated rings. The fourth-order valence-corrected chi connectivity index (χ4v) is 4.48. The first-order chi connectivity index (χ1) is 10.7. The molecule has 1 N–H and O–H groups in total. The van der Waals surface area contributed by atoms with Gasteiger partial charge in [0.1, 0.15) is 11.7 Å². The highest BCUT2D eigenvalue weighted by Crippen LogP contribution is 2.57. The van der Waals surface area contributed by atoms with Crippen LogP contribution < -0.4 is 0 Å². The molecule has 3 heteroatoms. The number of carbonyl (C=O) groups is 1. The summed E-state index contributed by atoms with van der Waals surface area (Å²) in [6.07, 6.45) is 7.62. The second kappa shape index (κ2) is 6.43. The summed E-state index contributed by atoms with van der Waals surface area (Å²) in [6.45, 7) is 12.0. The predicted molar refractivity (Wildman–Crippen MR) is 92.9 cm³/mol. The molecule has 0 aromatic heterocycles. The minimum absolute atomic E-state index is 0.00974. The molecule has 3 nitrogen and oxygen atoms in total. The van der Waals surface area contributed by atoms with Crippen molar-refractivity contribution in [2.75, 3.05) is 0 Å². The van der Waals surface area contributed by atoms with E-state index in [1.165, 1.54) is 12.0 Å². The number of allylic oxidation sites excluding steroid dienone is 2. The van der Waals surface area contributed by atoms with E-state index in [1.54, 1.807) is 13.0 Å². The maximum Gasteiger partial charge on any atom is 0.334 e. The number of rotatable bonds is 3. The summed E-state index contributed by atoms with van der Waals surface area (Å²) in [5.41, 5.74) is 0.844. The molecule has 0 heterocycles. The van der Waals surface area contributed by atoms with Crippen molar-refractivity contribution < 1.29 is 14.6 Å². The van der Waals surface area contributed by atoms with Crippen molar-refractivity contribution in [2.24, 2.45) is 17.3 Å². The van der Waals surface area contributed by atoms with Crippen LogP contribution in [0.4, 0.5) is 0 Å². The van der Waals surface area contributed by atoms with E-state index in [4.69, 9.17) is 4.74 Å². The molecule has 0 bridgehead atoms. The number of carbonyl (C=O) groups excluding carboxylic acids is 1. The third kappa shape index (κ3) is 2.88. The Morgan fingerprint density at radius 1 is 1.43 bits per heavy atom. The lowest BCUT2D eigenvalue weighted by molar-refractivity contribution is -0.192. The van der Waals surface area contributed by atoms with Crippen LogP contribution in [-0.4, -0.2) is 22.8 Å². The molecular weight excluding hydrogens is 288 g/mol. The first-order valence-corrected chi connectivity index (χ1v) is 8.93. The quantitative estimate of drug-likeness (QED) is 0.476. The van der Waals surface area contributed by atoms with Crippen LogP contribution in [0.3, 0.4) is 0 Å². The van der Waals surface area contributed by atoms with Crippen molar-refractivity contribution in [1.82, 2.24) is 0 Å². The van der Waals surface area contributed by atoms with Crippen molar-refractivity contribution in [1.29, 1.82) is 0 Å². The zero-order valence-electron chi connectivity index (χ0n) is 15.5. The van der Waals surface area contributed by atoms with Crippen LogP contribution in [0.2, 0.25) is 0 Å². The lowest BCUT2D eigenvalue weighted by Crippen LogP contribution is -2.62. The Balaban J connectivity index is 2.45. The number of hydrogen-bond acceptors (Lipinski definition) is 3. The summed E-state index contributed by atoms with van der Waals surface area (Å²) in [5.74, 6) is -0.171. The van der Waals surface area contributed by atoms with E-state index in [1.807, 2.05) is 26.8 Å². The number of aliphatic hydroxyl groups is 1. The highest BCUT2D eigenvalue weighted by Gasteiger charge is 2.58. The van der Waals surface area contributed by atoms with E-state index < -0.39 is 11.7 Å². The fourth-order valence-electron chi connectivity index (χ4n) is 4.48. The van der Waals surface area contributed by atoms with Gasteiger partial charge in [0.15, 0.2) is 0 Å². The van der Waals surface area contributed by atoms with Crippen molar-refractivity contribution in [3.8, 4) is 0 Å². The Labute approximate surface area is 140 Å². The van der Waals surface area contributed by atoms with E-state index in [-0.39, 0.29) is 23.2 Å². The molecule has 0 amide bonds. The molecule has 2 aliphatic carbocycles. The molecule has 2 rings (SSSR count). The number of ether oxygens (including phenoxy) is 1. The average molecular weight is 320 g/mol. The summed E-state index contributed by atoms with van der Waals surface area (Å²) in [4.78, 5) is 12.3. The molecule has 2 aliphatic rings. The van der Waals surface area contributed by atoms with Crippen molar-refractivity contribution in [3.05, 3.63) is 23.3 Å². The van der Waals surface area contributed by atoms with Crippen molar-refractivity contribution >= 4 is 5.97 Å². The fraction of sp³-hybridized carbons (Fsp3) is 0.750. The first-order valence-electron chi connectivity index (χ1n) is 8.93. The van der Waals surface area contributed by atoms with Crippen LogP contribution in [0.25, 0.3) is 0 Å². The van der Waals surface area contributed by atoms with Gasteiger partial charge in [0.25, 0.3) is 0 Å². The largest absolute Gasteiger partial charge is 0.452 e. The molecule has 23 heavy (non-hydrogen) atoms. The monoisotopic (exact) mass is 320 g/mol. The van der Waals surface area contributed by atoms with Gasteiger partial charge in [-0.25, -0.2) is 4.79 Å². The number of hydrogen-bond donors (Lipinski definition) is 1. The SMILES string of the molecule is C/C=C(/C)C(=O)O[C@H]1C=C(C)[C@@]2(C)CCCC[C@@H]2[C@@]1(O)C(C)C. The summed E-state index contributed by atoms with van der Waals surface area (Å²) in [6, 6.07) is 0. The van der Waals surface area contributed by atoms with Gasteiger partial charge < -0.3 is 9.84 Å². The molecule has 130 valence electrons. The van der Waals surface area contributed by atoms with Gasteiger partial charge in [0, 0.05) is 11.5 Å². The van der Waals surface area contributed by atoms with Crippen molar-refractivity contribution in [2.45, 2.75) is 78.9 Å². The second-order valence-electron chi connectivity index (χ2n) is 7.91. The molecular formula is C20H32O3. The molecule has 0 unspecified atom stereocenters. The smallest absolute Gasteiger partial charge is 0.334 e. The van der Waals surface area contributed by atoms with E-state index in [0.717, 1.165) is 19.3 Å². The standard InChI is InChI=1S/C20H32O3/c1-7-14(4)18(21)23-17-12-15(5)19(6)11-9-8-10-16(19)20(17,22)13(2)3/h7,12-13,16-17,22H,8-11H2,1-6H3/b14-7-/t16-,17-,19+,20-/m0/s1. The third-order valence-corrected chi connectivity index (χ3v) is 6.44. The van der Waals surface area contributed by atoms with E-state index in [0.29, 0.717) is 5.57 Å². The van der Waals surface area contributed by atoms with Gasteiger partial charge in [-0.3, -0.25) is 0 Å². The lowest BCUT2D eigenvalue weighted by atomic mass is 9.52. The third-order valence-electron chi connectivity index (χ3n) is 6.44. The molecule has 0 aromatic carbocycles. The van der Waals surface area contributed by atoms with Crippen LogP contribution >= 0.6 is 0 Å². The molecule has 0 radical (unpaired) electrons. The van der Waals surface area contributed by atoms with E-state index in [2.05, 4.69) is 13.8 Å². The molecule has 0 saturated heterocycles. The van der Waals surface area contributed by atoms with Gasteiger partial charge in [0.2, 0.25) is 0 Å². The van der Waals surface area contributed by atoms with Crippen LogP contribution in [0, 0.1) is 17.3 Å². The highest BCUT2D eigenvalue weighted by atomic mass is 16.6. The Morgan fingerprint density at radius 3 is 2.65 bits per heavy atom. The summed E-state index contributed by atoms with van der Waals surface area (Å²) >= 11 is 0. The maximum atomic E-state index is 12.3. The Bertz CT molecular complexity index is 531. The Morgan fingerprint density at radius 2 is 2.09 bits per heavy atom.